The molecule has 0 aliphatic carbocycles. The fourth-order valence-electron chi connectivity index (χ4n) is 1.15. The van der Waals surface area contributed by atoms with Gasteiger partial charge in [-0.25, -0.2) is 9.18 Å². The summed E-state index contributed by atoms with van der Waals surface area (Å²) in [6.45, 7) is 2.66. The van der Waals surface area contributed by atoms with Crippen LogP contribution in [0.25, 0.3) is 0 Å². The number of halogens is 1. The summed E-state index contributed by atoms with van der Waals surface area (Å²) in [5.74, 6) is -1.96. The van der Waals surface area contributed by atoms with E-state index in [2.05, 4.69) is 10.2 Å². The first-order valence-corrected chi connectivity index (χ1v) is 5.10. The number of rotatable bonds is 5. The van der Waals surface area contributed by atoms with Crippen molar-refractivity contribution in [2.24, 2.45) is 0 Å². The highest BCUT2D eigenvalue weighted by Crippen LogP contribution is 2.11. The summed E-state index contributed by atoms with van der Waals surface area (Å²) in [6.07, 6.45) is 0. The number of aliphatic carboxylic acids is 1. The first kappa shape index (κ1) is 13.1. The lowest BCUT2D eigenvalue weighted by Gasteiger charge is -2.08. The minimum atomic E-state index is -1.54. The number of nitrogens with one attached hydrogen (secondary N) is 2. The Bertz CT molecular complexity index is 417. The van der Waals surface area contributed by atoms with Gasteiger partial charge in [0.25, 0.3) is 5.91 Å². The van der Waals surface area contributed by atoms with Crippen LogP contribution in [0, 0.1) is 0 Å². The molecule has 1 rings (SSSR count). The number of carbonyl (C=O) groups excluding carboxylic acids is 1. The van der Waals surface area contributed by atoms with E-state index in [0.29, 0.717) is 0 Å². The maximum Gasteiger partial charge on any atom is 0.328 e. The van der Waals surface area contributed by atoms with Crippen LogP contribution in [0.3, 0.4) is 0 Å². The number of hydrogen-bond donors (Lipinski definition) is 3. The number of hydrogen-bond acceptors (Lipinski definition) is 3. The van der Waals surface area contributed by atoms with E-state index in [1.54, 1.807) is 0 Å². The van der Waals surface area contributed by atoms with E-state index in [9.17, 15) is 14.0 Å². The number of aromatic nitrogens is 2. The zero-order valence-electron chi connectivity index (χ0n) is 9.53. The molecule has 0 spiro atoms. The standard InChI is InChI=1S/C10H14FN3O3/c1-5(2)6-3-7(14-13-6)9(15)12-8(4-11)10(16)17/h3,5,8H,4H2,1-2H3,(H,12,15)(H,13,14)(H,16,17). The molecule has 7 heteroatoms. The molecular formula is C10H14FN3O3. The van der Waals surface area contributed by atoms with Gasteiger partial charge in [0.05, 0.1) is 0 Å². The number of alkyl halides is 1. The summed E-state index contributed by atoms with van der Waals surface area (Å²) >= 11 is 0. The second-order valence-electron chi connectivity index (χ2n) is 3.88. The Hall–Kier alpha value is -1.92. The molecule has 1 unspecified atom stereocenters. The molecule has 0 bridgehead atoms. The number of carbonyl (C=O) groups is 2. The molecule has 1 atom stereocenters. The Labute approximate surface area is 97.2 Å². The van der Waals surface area contributed by atoms with Crippen molar-refractivity contribution < 1.29 is 19.1 Å². The van der Waals surface area contributed by atoms with Crippen molar-refractivity contribution in [3.8, 4) is 0 Å². The Morgan fingerprint density at radius 1 is 1.59 bits per heavy atom. The summed E-state index contributed by atoms with van der Waals surface area (Å²) in [7, 11) is 0. The van der Waals surface area contributed by atoms with Gasteiger partial charge in [0.15, 0.2) is 6.04 Å². The second kappa shape index (κ2) is 5.42. The fourth-order valence-corrected chi connectivity index (χ4v) is 1.15. The van der Waals surface area contributed by atoms with E-state index in [0.717, 1.165) is 5.69 Å². The molecule has 6 nitrogen and oxygen atoms in total. The Balaban J connectivity index is 2.72. The van der Waals surface area contributed by atoms with E-state index < -0.39 is 24.6 Å². The number of carboxylic acid groups (broad SMARTS) is 1. The van der Waals surface area contributed by atoms with Crippen LogP contribution in [-0.4, -0.2) is 39.9 Å². The van der Waals surface area contributed by atoms with Crippen molar-refractivity contribution in [2.75, 3.05) is 6.67 Å². The average Bonchev–Trinajstić information content (AvgIpc) is 2.74. The second-order valence-corrected chi connectivity index (χ2v) is 3.88. The number of carboxylic acids is 1. The molecular weight excluding hydrogens is 229 g/mol. The number of H-pyrrole nitrogens is 1. The number of aromatic amines is 1. The largest absolute Gasteiger partial charge is 0.480 e. The molecule has 0 saturated carbocycles. The van der Waals surface area contributed by atoms with Crippen LogP contribution in [0.2, 0.25) is 0 Å². The number of nitrogens with zero attached hydrogens (tertiary/aromatic N) is 1. The fraction of sp³-hybridized carbons (Fsp3) is 0.500. The third-order valence-electron chi connectivity index (χ3n) is 2.21. The topological polar surface area (TPSA) is 95.1 Å². The van der Waals surface area contributed by atoms with Crippen LogP contribution in [0.15, 0.2) is 6.07 Å². The van der Waals surface area contributed by atoms with Gasteiger partial charge in [-0.1, -0.05) is 13.8 Å². The molecule has 0 fully saturated rings. The van der Waals surface area contributed by atoms with Crippen molar-refractivity contribution >= 4 is 11.9 Å². The lowest BCUT2D eigenvalue weighted by Crippen LogP contribution is -2.42. The van der Waals surface area contributed by atoms with Gasteiger partial charge in [-0.2, -0.15) is 5.10 Å². The van der Waals surface area contributed by atoms with Gasteiger partial charge < -0.3 is 10.4 Å². The van der Waals surface area contributed by atoms with Crippen molar-refractivity contribution in [1.29, 1.82) is 0 Å². The van der Waals surface area contributed by atoms with Gasteiger partial charge in [0.1, 0.15) is 12.4 Å². The minimum Gasteiger partial charge on any atom is -0.480 e. The summed E-state index contributed by atoms with van der Waals surface area (Å²) in [5, 5.41) is 17.0. The molecule has 0 aromatic carbocycles. The molecule has 1 aromatic rings. The third kappa shape index (κ3) is 3.27. The lowest BCUT2D eigenvalue weighted by molar-refractivity contribution is -0.139. The van der Waals surface area contributed by atoms with Gasteiger partial charge in [0, 0.05) is 5.69 Å². The highest BCUT2D eigenvalue weighted by Gasteiger charge is 2.21. The molecule has 17 heavy (non-hydrogen) atoms. The molecule has 0 aliphatic rings. The molecule has 1 aromatic heterocycles. The average molecular weight is 243 g/mol. The first-order chi connectivity index (χ1) is 7.95. The summed E-state index contributed by atoms with van der Waals surface area (Å²) < 4.78 is 12.3. The molecule has 0 aliphatic heterocycles. The van der Waals surface area contributed by atoms with Crippen molar-refractivity contribution in [2.45, 2.75) is 25.8 Å². The summed E-state index contributed by atoms with van der Waals surface area (Å²) in [5.41, 5.74) is 0.802. The molecule has 1 amide bonds. The van der Waals surface area contributed by atoms with Crippen LogP contribution in [-0.2, 0) is 4.79 Å². The SMILES string of the molecule is CC(C)c1cc(C(=O)NC(CF)C(=O)O)n[nH]1. The molecule has 0 saturated heterocycles. The minimum absolute atomic E-state index is 0.0494. The van der Waals surface area contributed by atoms with E-state index >= 15 is 0 Å². The van der Waals surface area contributed by atoms with Crippen molar-refractivity contribution in [1.82, 2.24) is 15.5 Å². The Kier molecular flexibility index (Phi) is 4.19. The predicted molar refractivity (Wildman–Crippen MR) is 57.5 cm³/mol. The van der Waals surface area contributed by atoms with Crippen LogP contribution in [0.4, 0.5) is 4.39 Å². The lowest BCUT2D eigenvalue weighted by atomic mass is 10.1. The monoisotopic (exact) mass is 243 g/mol. The first-order valence-electron chi connectivity index (χ1n) is 5.10. The number of amides is 1. The molecule has 3 N–H and O–H groups in total. The van der Waals surface area contributed by atoms with E-state index in [-0.39, 0.29) is 11.6 Å². The van der Waals surface area contributed by atoms with Crippen LogP contribution < -0.4 is 5.32 Å². The van der Waals surface area contributed by atoms with Gasteiger partial charge >= 0.3 is 5.97 Å². The van der Waals surface area contributed by atoms with E-state index in [1.165, 1.54) is 6.07 Å². The smallest absolute Gasteiger partial charge is 0.328 e. The van der Waals surface area contributed by atoms with E-state index in [1.807, 2.05) is 19.2 Å². The highest BCUT2D eigenvalue weighted by atomic mass is 19.1. The molecule has 0 radical (unpaired) electrons. The quantitative estimate of drug-likeness (QED) is 0.708. The molecule has 94 valence electrons. The normalized spacial score (nSPS) is 12.5. The Morgan fingerprint density at radius 3 is 2.65 bits per heavy atom. The van der Waals surface area contributed by atoms with Gasteiger partial charge in [-0.05, 0) is 12.0 Å². The predicted octanol–water partition coefficient (Wildman–Crippen LogP) is 0.686. The highest BCUT2D eigenvalue weighted by molar-refractivity contribution is 5.95. The molecule has 1 heterocycles. The van der Waals surface area contributed by atoms with Crippen molar-refractivity contribution in [3.63, 3.8) is 0 Å². The van der Waals surface area contributed by atoms with Crippen LogP contribution in [0.1, 0.15) is 35.9 Å². The summed E-state index contributed by atoms with van der Waals surface area (Å²) in [6, 6.07) is -0.0290. The maximum atomic E-state index is 12.3. The van der Waals surface area contributed by atoms with Gasteiger partial charge in [-0.15, -0.1) is 0 Å². The van der Waals surface area contributed by atoms with E-state index in [4.69, 9.17) is 5.11 Å². The third-order valence-corrected chi connectivity index (χ3v) is 2.21. The Morgan fingerprint density at radius 2 is 2.24 bits per heavy atom. The van der Waals surface area contributed by atoms with Crippen LogP contribution in [0.5, 0.6) is 0 Å². The zero-order valence-corrected chi connectivity index (χ0v) is 9.53. The van der Waals surface area contributed by atoms with Gasteiger partial charge in [0.2, 0.25) is 0 Å². The maximum absolute atomic E-state index is 12.3. The van der Waals surface area contributed by atoms with Gasteiger partial charge in [-0.3, -0.25) is 9.89 Å². The zero-order chi connectivity index (χ0) is 13.0. The van der Waals surface area contributed by atoms with Crippen molar-refractivity contribution in [3.05, 3.63) is 17.5 Å². The van der Waals surface area contributed by atoms with Crippen LogP contribution >= 0.6 is 0 Å². The summed E-state index contributed by atoms with van der Waals surface area (Å²) in [4.78, 5) is 22.1.